The molecule has 0 unspecified atom stereocenters. The quantitative estimate of drug-likeness (QED) is 0.575. The first-order valence-corrected chi connectivity index (χ1v) is 8.18. The van der Waals surface area contributed by atoms with Crippen LogP contribution in [0.2, 0.25) is 0 Å². The van der Waals surface area contributed by atoms with Gasteiger partial charge in [-0.05, 0) is 19.4 Å². The number of hydrogen-bond donors (Lipinski definition) is 1. The highest BCUT2D eigenvalue weighted by atomic mass is 16.6. The molecule has 1 amide bonds. The molecule has 0 aliphatic heterocycles. The predicted octanol–water partition coefficient (Wildman–Crippen LogP) is 2.25. The Kier molecular flexibility index (Phi) is 7.30. The molecule has 6 heteroatoms. The summed E-state index contributed by atoms with van der Waals surface area (Å²) in [5, 5.41) is 2.65. The van der Waals surface area contributed by atoms with Gasteiger partial charge in [-0.15, -0.1) is 0 Å². The van der Waals surface area contributed by atoms with Crippen molar-refractivity contribution in [2.45, 2.75) is 52.9 Å². The average molecular weight is 349 g/mol. The fourth-order valence-corrected chi connectivity index (χ4v) is 1.76. The number of hydrogen-bond acceptors (Lipinski definition) is 5. The Hall–Kier alpha value is -2.21. The monoisotopic (exact) mass is 349 g/mol. The first-order chi connectivity index (χ1) is 11.6. The highest BCUT2D eigenvalue weighted by Crippen LogP contribution is 2.15. The summed E-state index contributed by atoms with van der Waals surface area (Å²) >= 11 is 0. The molecule has 0 bridgehead atoms. The van der Waals surface area contributed by atoms with Crippen LogP contribution < -0.4 is 5.32 Å². The van der Waals surface area contributed by atoms with Gasteiger partial charge in [-0.3, -0.25) is 4.79 Å². The van der Waals surface area contributed by atoms with Gasteiger partial charge in [0, 0.05) is 5.41 Å². The fraction of sp³-hybridized carbons (Fsp3) is 0.526. The van der Waals surface area contributed by atoms with Gasteiger partial charge in [0.25, 0.3) is 0 Å². The number of amides is 1. The fourth-order valence-electron chi connectivity index (χ4n) is 1.76. The molecular formula is C19H27NO5. The van der Waals surface area contributed by atoms with Crippen molar-refractivity contribution in [3.63, 3.8) is 0 Å². The van der Waals surface area contributed by atoms with Crippen LogP contribution in [0.3, 0.4) is 0 Å². The second kappa shape index (κ2) is 8.76. The van der Waals surface area contributed by atoms with E-state index in [1.54, 1.807) is 34.6 Å². The van der Waals surface area contributed by atoms with E-state index in [-0.39, 0.29) is 19.1 Å². The SMILES string of the molecule is C[C@H](OC[C@@](C)(C=O)NC(=O)C(C)(C)C)C(=O)OCc1ccccc1. The highest BCUT2D eigenvalue weighted by molar-refractivity contribution is 5.85. The zero-order valence-electron chi connectivity index (χ0n) is 15.5. The van der Waals surface area contributed by atoms with E-state index in [0.29, 0.717) is 6.29 Å². The number of carbonyl (C=O) groups is 3. The molecule has 1 aromatic rings. The molecule has 0 spiro atoms. The van der Waals surface area contributed by atoms with Gasteiger partial charge in [-0.25, -0.2) is 4.79 Å². The minimum absolute atomic E-state index is 0.125. The summed E-state index contributed by atoms with van der Waals surface area (Å²) in [5.74, 6) is -0.802. The van der Waals surface area contributed by atoms with Gasteiger partial charge in [-0.2, -0.15) is 0 Å². The van der Waals surface area contributed by atoms with Crippen LogP contribution in [0.4, 0.5) is 0 Å². The lowest BCUT2D eigenvalue weighted by atomic mass is 9.93. The molecule has 0 aliphatic rings. The van der Waals surface area contributed by atoms with Crippen LogP contribution in [0.5, 0.6) is 0 Å². The van der Waals surface area contributed by atoms with Gasteiger partial charge in [0.15, 0.2) is 6.10 Å². The van der Waals surface area contributed by atoms with Crippen LogP contribution in [-0.4, -0.2) is 36.4 Å². The van der Waals surface area contributed by atoms with Gasteiger partial charge >= 0.3 is 5.97 Å². The molecule has 0 saturated carbocycles. The first-order valence-electron chi connectivity index (χ1n) is 8.18. The number of nitrogens with one attached hydrogen (secondary N) is 1. The molecule has 0 saturated heterocycles. The number of aldehydes is 1. The summed E-state index contributed by atoms with van der Waals surface area (Å²) in [6.45, 7) is 8.36. The second-order valence-electron chi connectivity index (χ2n) is 7.29. The third-order valence-electron chi connectivity index (χ3n) is 3.53. The van der Waals surface area contributed by atoms with E-state index in [9.17, 15) is 14.4 Å². The predicted molar refractivity (Wildman–Crippen MR) is 93.7 cm³/mol. The molecule has 0 fully saturated rings. The van der Waals surface area contributed by atoms with E-state index in [1.165, 1.54) is 0 Å². The van der Waals surface area contributed by atoms with Crippen molar-refractivity contribution in [1.82, 2.24) is 5.32 Å². The van der Waals surface area contributed by atoms with Crippen molar-refractivity contribution in [1.29, 1.82) is 0 Å². The Morgan fingerprint density at radius 1 is 1.16 bits per heavy atom. The molecule has 1 aromatic carbocycles. The Morgan fingerprint density at radius 3 is 2.28 bits per heavy atom. The molecule has 25 heavy (non-hydrogen) atoms. The maximum atomic E-state index is 12.1. The second-order valence-corrected chi connectivity index (χ2v) is 7.29. The van der Waals surface area contributed by atoms with Crippen LogP contribution in [0.25, 0.3) is 0 Å². The van der Waals surface area contributed by atoms with Crippen molar-refractivity contribution in [2.24, 2.45) is 5.41 Å². The van der Waals surface area contributed by atoms with Crippen LogP contribution in [0.15, 0.2) is 30.3 Å². The van der Waals surface area contributed by atoms with E-state index >= 15 is 0 Å². The molecule has 0 heterocycles. The summed E-state index contributed by atoms with van der Waals surface area (Å²) in [6, 6.07) is 9.30. The van der Waals surface area contributed by atoms with Gasteiger partial charge < -0.3 is 19.6 Å². The van der Waals surface area contributed by atoms with Gasteiger partial charge in [0.2, 0.25) is 5.91 Å². The summed E-state index contributed by atoms with van der Waals surface area (Å²) in [5.41, 5.74) is -0.971. The van der Waals surface area contributed by atoms with E-state index < -0.39 is 23.0 Å². The topological polar surface area (TPSA) is 81.7 Å². The number of benzene rings is 1. The van der Waals surface area contributed by atoms with Gasteiger partial charge in [-0.1, -0.05) is 51.1 Å². The van der Waals surface area contributed by atoms with Crippen molar-refractivity contribution >= 4 is 18.2 Å². The minimum Gasteiger partial charge on any atom is -0.459 e. The molecule has 1 rings (SSSR count). The van der Waals surface area contributed by atoms with E-state index in [0.717, 1.165) is 5.56 Å². The molecule has 0 radical (unpaired) electrons. The molecule has 0 aromatic heterocycles. The smallest absolute Gasteiger partial charge is 0.335 e. The summed E-state index contributed by atoms with van der Waals surface area (Å²) < 4.78 is 10.6. The van der Waals surface area contributed by atoms with E-state index in [2.05, 4.69) is 5.32 Å². The minimum atomic E-state index is -1.21. The standard InChI is InChI=1S/C19H27NO5/c1-14(16(22)24-11-15-9-7-6-8-10-15)25-13-19(5,12-21)20-17(23)18(2,3)4/h6-10,12,14H,11,13H2,1-5H3,(H,20,23)/t14-,19+/m0/s1. The zero-order valence-corrected chi connectivity index (χ0v) is 15.5. The molecule has 1 N–H and O–H groups in total. The summed E-state index contributed by atoms with van der Waals surface area (Å²) in [4.78, 5) is 35.4. The molecular weight excluding hydrogens is 322 g/mol. The number of esters is 1. The largest absolute Gasteiger partial charge is 0.459 e. The van der Waals surface area contributed by atoms with Crippen LogP contribution >= 0.6 is 0 Å². The summed E-state index contributed by atoms with van der Waals surface area (Å²) in [7, 11) is 0. The normalized spacial score (nSPS) is 14.9. The third-order valence-corrected chi connectivity index (χ3v) is 3.53. The lowest BCUT2D eigenvalue weighted by Gasteiger charge is -2.29. The van der Waals surface area contributed by atoms with Crippen molar-refractivity contribution in [3.05, 3.63) is 35.9 Å². The Bertz CT molecular complexity index is 594. The highest BCUT2D eigenvalue weighted by Gasteiger charge is 2.32. The average Bonchev–Trinajstić information content (AvgIpc) is 2.57. The number of rotatable bonds is 8. The number of carbonyl (C=O) groups excluding carboxylic acids is 3. The Labute approximate surface area is 148 Å². The maximum absolute atomic E-state index is 12.1. The zero-order chi connectivity index (χ0) is 19.1. The van der Waals surface area contributed by atoms with Crippen LogP contribution in [0, 0.1) is 5.41 Å². The van der Waals surface area contributed by atoms with Gasteiger partial charge in [0.1, 0.15) is 18.4 Å². The van der Waals surface area contributed by atoms with Crippen molar-refractivity contribution in [3.8, 4) is 0 Å². The van der Waals surface area contributed by atoms with Crippen LogP contribution in [0.1, 0.15) is 40.2 Å². The summed E-state index contributed by atoms with van der Waals surface area (Å²) in [6.07, 6.45) is -0.243. The van der Waals surface area contributed by atoms with E-state index in [4.69, 9.17) is 9.47 Å². The van der Waals surface area contributed by atoms with E-state index in [1.807, 2.05) is 30.3 Å². The molecule has 0 aliphatic carbocycles. The molecule has 6 nitrogen and oxygen atoms in total. The Morgan fingerprint density at radius 2 is 1.76 bits per heavy atom. The molecule has 138 valence electrons. The molecule has 2 atom stereocenters. The first kappa shape index (κ1) is 20.8. The van der Waals surface area contributed by atoms with Crippen molar-refractivity contribution in [2.75, 3.05) is 6.61 Å². The lowest BCUT2D eigenvalue weighted by Crippen LogP contribution is -2.54. The Balaban J connectivity index is 2.51. The maximum Gasteiger partial charge on any atom is 0.335 e. The third kappa shape index (κ3) is 7.05. The van der Waals surface area contributed by atoms with Crippen molar-refractivity contribution < 1.29 is 23.9 Å². The van der Waals surface area contributed by atoms with Gasteiger partial charge in [0.05, 0.1) is 6.61 Å². The van der Waals surface area contributed by atoms with Crippen LogP contribution in [-0.2, 0) is 30.5 Å². The lowest BCUT2D eigenvalue weighted by molar-refractivity contribution is -0.159. The number of ether oxygens (including phenoxy) is 2.